The highest BCUT2D eigenvalue weighted by atomic mass is 16.6. The number of aliphatic hydroxyl groups is 3. The van der Waals surface area contributed by atoms with Gasteiger partial charge in [-0.25, -0.2) is 0 Å². The number of ketones is 2. The Morgan fingerprint density at radius 3 is 2.66 bits per heavy atom. The molecule has 8 heteroatoms. The average Bonchev–Trinajstić information content (AvgIpc) is 3.46. The summed E-state index contributed by atoms with van der Waals surface area (Å²) in [5, 5.41) is 30.5. The van der Waals surface area contributed by atoms with Crippen LogP contribution in [0.3, 0.4) is 0 Å². The summed E-state index contributed by atoms with van der Waals surface area (Å²) in [4.78, 5) is 28.2. The van der Waals surface area contributed by atoms with Gasteiger partial charge in [-0.1, -0.05) is 6.92 Å². The Kier molecular flexibility index (Phi) is 7.13. The lowest BCUT2D eigenvalue weighted by Crippen LogP contribution is -2.51. The Hall–Kier alpha value is -1.71. The minimum Gasteiger partial charge on any atom is -0.393 e. The Morgan fingerprint density at radius 2 is 2.00 bits per heavy atom. The Bertz CT molecular complexity index is 710. The molecule has 3 N–H and O–H groups in total. The standard InChI is InChI=1S/C21H29NO7/c1-11(12(2)23)21-18(29-21)8-17-20(27)19(26)14(10-28-17)6-15(24)7-16(25)13-4-3-5-22-9-13/h3-5,9,11-12,14,17-21,23,26-27H,6-8,10H2,1-2H3/t11-,12-,14-,17-,18-,19+,20-,21-/m0/s1. The number of epoxide rings is 1. The maximum Gasteiger partial charge on any atom is 0.171 e. The van der Waals surface area contributed by atoms with Gasteiger partial charge in [0.05, 0.1) is 43.5 Å². The monoisotopic (exact) mass is 407 g/mol. The molecule has 2 aliphatic rings. The van der Waals surface area contributed by atoms with E-state index in [1.165, 1.54) is 6.20 Å². The Labute approximate surface area is 169 Å². The van der Waals surface area contributed by atoms with Gasteiger partial charge in [-0.15, -0.1) is 0 Å². The third kappa shape index (κ3) is 5.46. The van der Waals surface area contributed by atoms with E-state index < -0.39 is 30.3 Å². The van der Waals surface area contributed by atoms with Crippen molar-refractivity contribution in [2.75, 3.05) is 6.61 Å². The largest absolute Gasteiger partial charge is 0.393 e. The number of hydrogen-bond donors (Lipinski definition) is 3. The summed E-state index contributed by atoms with van der Waals surface area (Å²) in [7, 11) is 0. The van der Waals surface area contributed by atoms with Crippen molar-refractivity contribution in [1.82, 2.24) is 4.98 Å². The summed E-state index contributed by atoms with van der Waals surface area (Å²) in [6.45, 7) is 3.73. The van der Waals surface area contributed by atoms with Crippen molar-refractivity contribution < 1.29 is 34.4 Å². The van der Waals surface area contributed by atoms with E-state index in [4.69, 9.17) is 9.47 Å². The lowest BCUT2D eigenvalue weighted by Gasteiger charge is -2.37. The van der Waals surface area contributed by atoms with Gasteiger partial charge < -0.3 is 24.8 Å². The van der Waals surface area contributed by atoms with Crippen LogP contribution in [-0.2, 0) is 14.3 Å². The van der Waals surface area contributed by atoms with Crippen LogP contribution in [-0.4, -0.2) is 75.1 Å². The molecule has 3 heterocycles. The summed E-state index contributed by atoms with van der Waals surface area (Å²) in [5.74, 6) is -1.22. The highest BCUT2D eigenvalue weighted by Gasteiger charge is 2.48. The second-order valence-corrected chi connectivity index (χ2v) is 8.17. The molecule has 2 aliphatic heterocycles. The van der Waals surface area contributed by atoms with Crippen molar-refractivity contribution in [1.29, 1.82) is 0 Å². The molecule has 0 spiro atoms. The number of Topliss-reactive ketones (excluding diaryl/α,β-unsaturated/α-hetero) is 2. The van der Waals surface area contributed by atoms with Gasteiger partial charge in [-0.2, -0.15) is 0 Å². The lowest BCUT2D eigenvalue weighted by atomic mass is 9.85. The Morgan fingerprint density at radius 1 is 1.24 bits per heavy atom. The van der Waals surface area contributed by atoms with Crippen LogP contribution < -0.4 is 0 Å². The van der Waals surface area contributed by atoms with Crippen molar-refractivity contribution in [3.63, 3.8) is 0 Å². The molecule has 3 rings (SSSR count). The molecule has 2 fully saturated rings. The van der Waals surface area contributed by atoms with Gasteiger partial charge in [0, 0.05) is 42.6 Å². The van der Waals surface area contributed by atoms with Gasteiger partial charge >= 0.3 is 0 Å². The second kappa shape index (κ2) is 9.40. The van der Waals surface area contributed by atoms with Gasteiger partial charge in [0.1, 0.15) is 11.9 Å². The first-order valence-electron chi connectivity index (χ1n) is 10.0. The van der Waals surface area contributed by atoms with Crippen LogP contribution in [0.25, 0.3) is 0 Å². The van der Waals surface area contributed by atoms with E-state index in [0.717, 1.165) is 0 Å². The van der Waals surface area contributed by atoms with E-state index in [1.807, 2.05) is 6.92 Å². The summed E-state index contributed by atoms with van der Waals surface area (Å²) in [6.07, 6.45) is -0.480. The van der Waals surface area contributed by atoms with Crippen LogP contribution >= 0.6 is 0 Å². The normalized spacial score (nSPS) is 33.7. The number of nitrogens with zero attached hydrogens (tertiary/aromatic N) is 1. The molecule has 0 unspecified atom stereocenters. The molecule has 0 aromatic carbocycles. The Balaban J connectivity index is 1.46. The lowest BCUT2D eigenvalue weighted by molar-refractivity contribution is -0.170. The fraction of sp³-hybridized carbons (Fsp3) is 0.667. The van der Waals surface area contributed by atoms with Crippen molar-refractivity contribution in [2.24, 2.45) is 11.8 Å². The van der Waals surface area contributed by atoms with Crippen LogP contribution in [0.5, 0.6) is 0 Å². The molecule has 160 valence electrons. The first kappa shape index (κ1) is 22.0. The number of rotatable bonds is 9. The summed E-state index contributed by atoms with van der Waals surface area (Å²) >= 11 is 0. The predicted molar refractivity (Wildman–Crippen MR) is 102 cm³/mol. The maximum atomic E-state index is 12.3. The molecule has 1 aromatic heterocycles. The molecule has 0 aliphatic carbocycles. The fourth-order valence-electron chi connectivity index (χ4n) is 3.82. The fourth-order valence-corrected chi connectivity index (χ4v) is 3.82. The topological polar surface area (TPSA) is 129 Å². The van der Waals surface area contributed by atoms with Gasteiger partial charge in [0.25, 0.3) is 0 Å². The number of aliphatic hydroxyl groups excluding tert-OH is 3. The molecular formula is C21H29NO7. The van der Waals surface area contributed by atoms with E-state index in [0.29, 0.717) is 12.0 Å². The van der Waals surface area contributed by atoms with E-state index in [9.17, 15) is 24.9 Å². The number of hydrogen-bond acceptors (Lipinski definition) is 8. The zero-order valence-electron chi connectivity index (χ0n) is 16.7. The van der Waals surface area contributed by atoms with Gasteiger partial charge in [0.2, 0.25) is 0 Å². The van der Waals surface area contributed by atoms with Crippen LogP contribution in [0.1, 0.15) is 43.5 Å². The number of ether oxygens (including phenoxy) is 2. The molecule has 8 atom stereocenters. The average molecular weight is 407 g/mol. The first-order chi connectivity index (χ1) is 13.8. The molecule has 0 saturated carbocycles. The smallest absolute Gasteiger partial charge is 0.171 e. The minimum atomic E-state index is -1.14. The van der Waals surface area contributed by atoms with Crippen molar-refractivity contribution in [3.05, 3.63) is 30.1 Å². The van der Waals surface area contributed by atoms with Gasteiger partial charge in [-0.3, -0.25) is 14.6 Å². The third-order valence-corrected chi connectivity index (χ3v) is 5.93. The van der Waals surface area contributed by atoms with E-state index in [-0.39, 0.29) is 49.1 Å². The highest BCUT2D eigenvalue weighted by molar-refractivity contribution is 6.07. The second-order valence-electron chi connectivity index (χ2n) is 8.17. The van der Waals surface area contributed by atoms with Crippen LogP contribution in [0, 0.1) is 11.8 Å². The van der Waals surface area contributed by atoms with Crippen LogP contribution in [0.2, 0.25) is 0 Å². The van der Waals surface area contributed by atoms with E-state index in [1.54, 1.807) is 25.3 Å². The SMILES string of the molecule is C[C@H]([C@@H]1O[C@H]1C[C@@H]1OC[C@H](CC(=O)CC(=O)c2cccnc2)[C@@H](O)[C@H]1O)[C@H](C)O. The van der Waals surface area contributed by atoms with Crippen molar-refractivity contribution in [3.8, 4) is 0 Å². The molecule has 8 nitrogen and oxygen atoms in total. The summed E-state index contributed by atoms with van der Waals surface area (Å²) in [5.41, 5.74) is 0.367. The van der Waals surface area contributed by atoms with Crippen LogP contribution in [0.4, 0.5) is 0 Å². The molecule has 2 saturated heterocycles. The predicted octanol–water partition coefficient (Wildman–Crippen LogP) is 0.525. The summed E-state index contributed by atoms with van der Waals surface area (Å²) in [6, 6.07) is 3.23. The number of carbonyl (C=O) groups excluding carboxylic acids is 2. The summed E-state index contributed by atoms with van der Waals surface area (Å²) < 4.78 is 11.3. The number of aromatic nitrogens is 1. The quantitative estimate of drug-likeness (QED) is 0.307. The molecule has 29 heavy (non-hydrogen) atoms. The molecule has 1 aromatic rings. The third-order valence-electron chi connectivity index (χ3n) is 5.93. The van der Waals surface area contributed by atoms with Crippen molar-refractivity contribution >= 4 is 11.6 Å². The molecular weight excluding hydrogens is 378 g/mol. The number of carbonyl (C=O) groups is 2. The zero-order valence-corrected chi connectivity index (χ0v) is 16.7. The zero-order chi connectivity index (χ0) is 21.1. The molecule has 0 bridgehead atoms. The van der Waals surface area contributed by atoms with Crippen LogP contribution in [0.15, 0.2) is 24.5 Å². The number of pyridine rings is 1. The minimum absolute atomic E-state index is 0.0200. The molecule has 0 amide bonds. The highest BCUT2D eigenvalue weighted by Crippen LogP contribution is 2.37. The van der Waals surface area contributed by atoms with E-state index >= 15 is 0 Å². The maximum absolute atomic E-state index is 12.3. The molecule has 0 radical (unpaired) electrons. The van der Waals surface area contributed by atoms with Gasteiger partial charge in [-0.05, 0) is 19.1 Å². The van der Waals surface area contributed by atoms with E-state index in [2.05, 4.69) is 4.98 Å². The first-order valence-corrected chi connectivity index (χ1v) is 10.0. The van der Waals surface area contributed by atoms with Gasteiger partial charge in [0.15, 0.2) is 5.78 Å². The van der Waals surface area contributed by atoms with Crippen molar-refractivity contribution in [2.45, 2.75) is 69.7 Å².